The Labute approximate surface area is 99.2 Å². The Bertz CT molecular complexity index is 334. The summed E-state index contributed by atoms with van der Waals surface area (Å²) in [5.41, 5.74) is 2.54. The third kappa shape index (κ3) is 3.24. The first-order chi connectivity index (χ1) is 7.56. The van der Waals surface area contributed by atoms with Crippen molar-refractivity contribution in [3.8, 4) is 5.75 Å². The van der Waals surface area contributed by atoms with E-state index in [4.69, 9.17) is 4.74 Å². The van der Waals surface area contributed by atoms with Gasteiger partial charge in [-0.1, -0.05) is 18.2 Å². The Morgan fingerprint density at radius 2 is 2.00 bits per heavy atom. The number of hydrogen-bond donors (Lipinski definition) is 0. The molecule has 0 aliphatic heterocycles. The van der Waals surface area contributed by atoms with Gasteiger partial charge < -0.3 is 9.64 Å². The zero-order valence-electron chi connectivity index (χ0n) is 11.1. The molecule has 0 radical (unpaired) electrons. The second-order valence-electron chi connectivity index (χ2n) is 4.51. The molecule has 1 atom stereocenters. The standard InChI is InChI=1S/C14H23NO/c1-6-16-14-11(2)8-7-9-13(14)10-12(3)15(4)5/h7-9,12H,6,10H2,1-5H3. The van der Waals surface area contributed by atoms with Gasteiger partial charge in [0.1, 0.15) is 5.75 Å². The molecule has 0 aliphatic rings. The number of benzene rings is 1. The molecule has 1 aromatic rings. The molecule has 0 aliphatic carbocycles. The Balaban J connectivity index is 2.90. The minimum Gasteiger partial charge on any atom is -0.493 e. The molecule has 0 heterocycles. The van der Waals surface area contributed by atoms with Crippen molar-refractivity contribution in [3.05, 3.63) is 29.3 Å². The van der Waals surface area contributed by atoms with Crippen LogP contribution in [0.3, 0.4) is 0 Å². The van der Waals surface area contributed by atoms with Gasteiger partial charge in [-0.2, -0.15) is 0 Å². The van der Waals surface area contributed by atoms with Crippen LogP contribution in [0, 0.1) is 6.92 Å². The number of rotatable bonds is 5. The largest absolute Gasteiger partial charge is 0.493 e. The van der Waals surface area contributed by atoms with Gasteiger partial charge in [0.2, 0.25) is 0 Å². The summed E-state index contributed by atoms with van der Waals surface area (Å²) in [4.78, 5) is 2.23. The molecule has 2 nitrogen and oxygen atoms in total. The van der Waals surface area contributed by atoms with Crippen LogP contribution in [0.15, 0.2) is 18.2 Å². The molecular weight excluding hydrogens is 198 g/mol. The highest BCUT2D eigenvalue weighted by molar-refractivity contribution is 5.41. The van der Waals surface area contributed by atoms with Gasteiger partial charge in [0.05, 0.1) is 6.61 Å². The fourth-order valence-electron chi connectivity index (χ4n) is 1.73. The van der Waals surface area contributed by atoms with Crippen molar-refractivity contribution in [2.75, 3.05) is 20.7 Å². The summed E-state index contributed by atoms with van der Waals surface area (Å²) in [7, 11) is 4.22. The fourth-order valence-corrected chi connectivity index (χ4v) is 1.73. The van der Waals surface area contributed by atoms with Gasteiger partial charge in [-0.25, -0.2) is 0 Å². The van der Waals surface area contributed by atoms with E-state index in [1.165, 1.54) is 11.1 Å². The Morgan fingerprint density at radius 3 is 2.56 bits per heavy atom. The summed E-state index contributed by atoms with van der Waals surface area (Å²) in [6, 6.07) is 6.91. The van der Waals surface area contributed by atoms with Gasteiger partial charge in [0.25, 0.3) is 0 Å². The highest BCUT2D eigenvalue weighted by Crippen LogP contribution is 2.25. The molecule has 1 rings (SSSR count). The minimum atomic E-state index is 0.529. The van der Waals surface area contributed by atoms with Crippen molar-refractivity contribution in [1.29, 1.82) is 0 Å². The summed E-state index contributed by atoms with van der Waals surface area (Å²) in [6.45, 7) is 7.10. The van der Waals surface area contributed by atoms with Gasteiger partial charge in [-0.15, -0.1) is 0 Å². The predicted molar refractivity (Wildman–Crippen MR) is 69.2 cm³/mol. The minimum absolute atomic E-state index is 0.529. The molecule has 0 saturated heterocycles. The van der Waals surface area contributed by atoms with Gasteiger partial charge in [-0.05, 0) is 52.4 Å². The van der Waals surface area contributed by atoms with Crippen LogP contribution in [0.2, 0.25) is 0 Å². The molecular formula is C14H23NO. The lowest BCUT2D eigenvalue weighted by Crippen LogP contribution is -2.26. The third-order valence-corrected chi connectivity index (χ3v) is 2.98. The van der Waals surface area contributed by atoms with Crippen LogP contribution in [-0.4, -0.2) is 31.6 Å². The number of ether oxygens (including phenoxy) is 1. The van der Waals surface area contributed by atoms with Crippen molar-refractivity contribution in [2.45, 2.75) is 33.2 Å². The fraction of sp³-hybridized carbons (Fsp3) is 0.571. The summed E-state index contributed by atoms with van der Waals surface area (Å²) < 4.78 is 5.73. The van der Waals surface area contributed by atoms with E-state index in [-0.39, 0.29) is 0 Å². The molecule has 0 spiro atoms. The molecule has 0 aromatic heterocycles. The van der Waals surface area contributed by atoms with Crippen molar-refractivity contribution in [3.63, 3.8) is 0 Å². The molecule has 16 heavy (non-hydrogen) atoms. The van der Waals surface area contributed by atoms with E-state index in [0.29, 0.717) is 6.04 Å². The number of hydrogen-bond acceptors (Lipinski definition) is 2. The van der Waals surface area contributed by atoms with E-state index < -0.39 is 0 Å². The summed E-state index contributed by atoms with van der Waals surface area (Å²) >= 11 is 0. The molecule has 0 fully saturated rings. The van der Waals surface area contributed by atoms with E-state index in [0.717, 1.165) is 18.8 Å². The van der Waals surface area contributed by atoms with Gasteiger partial charge in [0, 0.05) is 6.04 Å². The van der Waals surface area contributed by atoms with Crippen LogP contribution in [-0.2, 0) is 6.42 Å². The molecule has 0 N–H and O–H groups in total. The molecule has 2 heteroatoms. The second-order valence-corrected chi connectivity index (χ2v) is 4.51. The summed E-state index contributed by atoms with van der Waals surface area (Å²) in [5.74, 6) is 1.07. The maximum Gasteiger partial charge on any atom is 0.125 e. The van der Waals surface area contributed by atoms with Crippen molar-refractivity contribution in [2.24, 2.45) is 0 Å². The Hall–Kier alpha value is -1.02. The SMILES string of the molecule is CCOc1c(C)cccc1CC(C)N(C)C. The van der Waals surface area contributed by atoms with E-state index in [2.05, 4.69) is 51.0 Å². The van der Waals surface area contributed by atoms with E-state index in [1.807, 2.05) is 6.92 Å². The van der Waals surface area contributed by atoms with Gasteiger partial charge >= 0.3 is 0 Å². The van der Waals surface area contributed by atoms with Gasteiger partial charge in [0.15, 0.2) is 0 Å². The predicted octanol–water partition coefficient (Wildman–Crippen LogP) is 2.89. The Kier molecular flexibility index (Phi) is 4.81. The first-order valence-electron chi connectivity index (χ1n) is 5.94. The zero-order valence-corrected chi connectivity index (χ0v) is 11.1. The van der Waals surface area contributed by atoms with Crippen LogP contribution in [0.25, 0.3) is 0 Å². The van der Waals surface area contributed by atoms with Crippen LogP contribution in [0.5, 0.6) is 5.75 Å². The molecule has 1 aromatic carbocycles. The molecule has 0 amide bonds. The molecule has 0 saturated carbocycles. The smallest absolute Gasteiger partial charge is 0.125 e. The number of likely N-dealkylation sites (N-methyl/N-ethyl adjacent to an activating group) is 1. The van der Waals surface area contributed by atoms with Crippen molar-refractivity contribution in [1.82, 2.24) is 4.90 Å². The zero-order chi connectivity index (χ0) is 12.1. The van der Waals surface area contributed by atoms with E-state index in [9.17, 15) is 0 Å². The number of nitrogens with zero attached hydrogens (tertiary/aromatic N) is 1. The first-order valence-corrected chi connectivity index (χ1v) is 5.94. The summed E-state index contributed by atoms with van der Waals surface area (Å²) in [5, 5.41) is 0. The third-order valence-electron chi connectivity index (χ3n) is 2.98. The average molecular weight is 221 g/mol. The number of aryl methyl sites for hydroxylation is 1. The topological polar surface area (TPSA) is 12.5 Å². The maximum atomic E-state index is 5.73. The molecule has 1 unspecified atom stereocenters. The highest BCUT2D eigenvalue weighted by Gasteiger charge is 2.11. The van der Waals surface area contributed by atoms with Crippen molar-refractivity contribution >= 4 is 0 Å². The second kappa shape index (κ2) is 5.90. The van der Waals surface area contributed by atoms with E-state index >= 15 is 0 Å². The normalized spacial score (nSPS) is 12.9. The number of para-hydroxylation sites is 1. The van der Waals surface area contributed by atoms with Crippen LogP contribution >= 0.6 is 0 Å². The van der Waals surface area contributed by atoms with Crippen LogP contribution in [0.1, 0.15) is 25.0 Å². The molecule has 0 bridgehead atoms. The first kappa shape index (κ1) is 13.0. The maximum absolute atomic E-state index is 5.73. The quantitative estimate of drug-likeness (QED) is 0.758. The lowest BCUT2D eigenvalue weighted by Gasteiger charge is -2.21. The average Bonchev–Trinajstić information content (AvgIpc) is 2.23. The monoisotopic (exact) mass is 221 g/mol. The molecule has 90 valence electrons. The summed E-state index contributed by atoms with van der Waals surface area (Å²) in [6.07, 6.45) is 1.03. The van der Waals surface area contributed by atoms with Crippen molar-refractivity contribution < 1.29 is 4.74 Å². The van der Waals surface area contributed by atoms with Crippen LogP contribution < -0.4 is 4.74 Å². The lowest BCUT2D eigenvalue weighted by molar-refractivity contribution is 0.301. The lowest BCUT2D eigenvalue weighted by atomic mass is 10.0. The van der Waals surface area contributed by atoms with Crippen LogP contribution in [0.4, 0.5) is 0 Å². The Morgan fingerprint density at radius 1 is 1.31 bits per heavy atom. The van der Waals surface area contributed by atoms with Gasteiger partial charge in [-0.3, -0.25) is 0 Å². The van der Waals surface area contributed by atoms with E-state index in [1.54, 1.807) is 0 Å². The highest BCUT2D eigenvalue weighted by atomic mass is 16.5.